The number of hydrogen-bond acceptors (Lipinski definition) is 4. The van der Waals surface area contributed by atoms with Crippen molar-refractivity contribution in [1.82, 2.24) is 14.8 Å². The Balaban J connectivity index is 1.92. The molecule has 2 heterocycles. The van der Waals surface area contributed by atoms with E-state index in [4.69, 9.17) is 0 Å². The number of carboxylic acid groups (broad SMARTS) is 1. The summed E-state index contributed by atoms with van der Waals surface area (Å²) >= 11 is 0. The van der Waals surface area contributed by atoms with Gasteiger partial charge in [0.2, 0.25) is 5.91 Å². The zero-order valence-electron chi connectivity index (χ0n) is 15.5. The lowest BCUT2D eigenvalue weighted by atomic mass is 9.91. The third-order valence-electron chi connectivity index (χ3n) is 5.21. The van der Waals surface area contributed by atoms with E-state index in [9.17, 15) is 23.5 Å². The van der Waals surface area contributed by atoms with Gasteiger partial charge in [0, 0.05) is 31.5 Å². The predicted octanol–water partition coefficient (Wildman–Crippen LogP) is 2.46. The van der Waals surface area contributed by atoms with Crippen LogP contribution in [0.5, 0.6) is 0 Å². The van der Waals surface area contributed by atoms with Crippen molar-refractivity contribution < 1.29 is 23.5 Å². The first-order valence-electron chi connectivity index (χ1n) is 8.83. The summed E-state index contributed by atoms with van der Waals surface area (Å²) in [6, 6.07) is 5.48. The number of likely N-dealkylation sites (tertiary alicyclic amines) is 1. The zero-order chi connectivity index (χ0) is 20.4. The van der Waals surface area contributed by atoms with Crippen LogP contribution in [0, 0.1) is 17.6 Å². The Bertz CT molecular complexity index is 878. The van der Waals surface area contributed by atoms with E-state index < -0.39 is 35.6 Å². The van der Waals surface area contributed by atoms with Crippen LogP contribution >= 0.6 is 0 Å². The van der Waals surface area contributed by atoms with Crippen molar-refractivity contribution >= 4 is 11.9 Å². The summed E-state index contributed by atoms with van der Waals surface area (Å²) in [5.74, 6) is -4.33. The largest absolute Gasteiger partial charge is 0.480 e. The molecule has 1 fully saturated rings. The molecular formula is C20H21F2N3O3. The van der Waals surface area contributed by atoms with Crippen LogP contribution in [0.1, 0.15) is 23.6 Å². The number of benzene rings is 1. The first-order chi connectivity index (χ1) is 13.3. The molecule has 28 heavy (non-hydrogen) atoms. The van der Waals surface area contributed by atoms with Gasteiger partial charge in [0.25, 0.3) is 0 Å². The standard InChI is InChI=1S/C20H21F2N3O3/c1-24(11-12-5-4-8-23-10-12)19(26)14-9-16(20(27)28)25(2)18(14)13-6-3-7-15(21)17(13)22/h3-8,10,14,16,18H,9,11H2,1-2H3,(H,27,28)/t14-,16-,18-/m0/s1. The molecule has 1 N–H and O–H groups in total. The van der Waals surface area contributed by atoms with Crippen molar-refractivity contribution in [3.63, 3.8) is 0 Å². The van der Waals surface area contributed by atoms with E-state index in [-0.39, 0.29) is 24.4 Å². The smallest absolute Gasteiger partial charge is 0.320 e. The average Bonchev–Trinajstić information content (AvgIpc) is 3.01. The number of nitrogens with zero attached hydrogens (tertiary/aromatic N) is 3. The molecule has 6 nitrogen and oxygen atoms in total. The Labute approximate surface area is 161 Å². The molecule has 8 heteroatoms. The highest BCUT2D eigenvalue weighted by Gasteiger charge is 2.48. The van der Waals surface area contributed by atoms with Gasteiger partial charge in [-0.05, 0) is 31.2 Å². The summed E-state index contributed by atoms with van der Waals surface area (Å²) in [4.78, 5) is 31.6. The maximum atomic E-state index is 14.5. The molecule has 0 saturated carbocycles. The summed E-state index contributed by atoms with van der Waals surface area (Å²) in [6.45, 7) is 0.281. The maximum absolute atomic E-state index is 14.5. The number of carboxylic acids is 1. The summed E-state index contributed by atoms with van der Waals surface area (Å²) in [6.07, 6.45) is 3.27. The van der Waals surface area contributed by atoms with Gasteiger partial charge in [0.1, 0.15) is 6.04 Å². The Morgan fingerprint density at radius 2 is 2.04 bits per heavy atom. The number of carbonyl (C=O) groups is 2. The molecule has 0 spiro atoms. The molecule has 0 aliphatic carbocycles. The summed E-state index contributed by atoms with van der Waals surface area (Å²) in [5.41, 5.74) is 0.798. The van der Waals surface area contributed by atoms with Crippen LogP contribution in [0.15, 0.2) is 42.7 Å². The minimum absolute atomic E-state index is 0.0145. The fourth-order valence-electron chi connectivity index (χ4n) is 3.84. The van der Waals surface area contributed by atoms with E-state index in [1.807, 2.05) is 6.07 Å². The van der Waals surface area contributed by atoms with Crippen LogP contribution in [0.25, 0.3) is 0 Å². The Hall–Kier alpha value is -2.87. The highest BCUT2D eigenvalue weighted by Crippen LogP contribution is 2.42. The number of pyridine rings is 1. The van der Waals surface area contributed by atoms with Gasteiger partial charge in [-0.25, -0.2) is 8.78 Å². The van der Waals surface area contributed by atoms with Crippen LogP contribution in [-0.2, 0) is 16.1 Å². The molecule has 1 saturated heterocycles. The fraction of sp³-hybridized carbons (Fsp3) is 0.350. The van der Waals surface area contributed by atoms with Gasteiger partial charge in [0.05, 0.1) is 12.0 Å². The molecule has 1 aromatic heterocycles. The SMILES string of the molecule is CN(Cc1cccnc1)C(=O)[C@H]1C[C@@H](C(=O)O)N(C)[C@H]1c1cccc(F)c1F. The van der Waals surface area contributed by atoms with E-state index in [0.29, 0.717) is 0 Å². The van der Waals surface area contributed by atoms with Gasteiger partial charge < -0.3 is 10.0 Å². The van der Waals surface area contributed by atoms with Crippen LogP contribution < -0.4 is 0 Å². The predicted molar refractivity (Wildman–Crippen MR) is 97.1 cm³/mol. The van der Waals surface area contributed by atoms with Gasteiger partial charge in [-0.2, -0.15) is 0 Å². The molecule has 3 atom stereocenters. The maximum Gasteiger partial charge on any atom is 0.320 e. The first kappa shape index (κ1) is 19.9. The number of hydrogen-bond donors (Lipinski definition) is 1. The molecule has 0 unspecified atom stereocenters. The minimum atomic E-state index is -1.10. The molecule has 148 valence electrons. The van der Waals surface area contributed by atoms with Crippen molar-refractivity contribution in [2.45, 2.75) is 25.0 Å². The van der Waals surface area contributed by atoms with Gasteiger partial charge >= 0.3 is 5.97 Å². The number of amides is 1. The molecule has 1 aromatic carbocycles. The third kappa shape index (κ3) is 3.73. The first-order valence-corrected chi connectivity index (χ1v) is 8.83. The number of halogens is 2. The Kier molecular flexibility index (Phi) is 5.69. The molecule has 3 rings (SSSR count). The average molecular weight is 389 g/mol. The van der Waals surface area contributed by atoms with E-state index >= 15 is 0 Å². The van der Waals surface area contributed by atoms with Crippen molar-refractivity contribution in [1.29, 1.82) is 0 Å². The van der Waals surface area contributed by atoms with Gasteiger partial charge in [-0.15, -0.1) is 0 Å². The van der Waals surface area contributed by atoms with Crippen LogP contribution in [-0.4, -0.2) is 51.9 Å². The minimum Gasteiger partial charge on any atom is -0.480 e. The van der Waals surface area contributed by atoms with Crippen LogP contribution in [0.3, 0.4) is 0 Å². The lowest BCUT2D eigenvalue weighted by Gasteiger charge is -2.29. The summed E-state index contributed by atoms with van der Waals surface area (Å²) < 4.78 is 28.2. The van der Waals surface area contributed by atoms with E-state index in [1.165, 1.54) is 29.0 Å². The number of rotatable bonds is 5. The normalized spacial score (nSPS) is 22.2. The summed E-state index contributed by atoms with van der Waals surface area (Å²) in [7, 11) is 3.12. The molecule has 1 aliphatic heterocycles. The number of aromatic nitrogens is 1. The number of likely N-dealkylation sites (N-methyl/N-ethyl adjacent to an activating group) is 1. The highest BCUT2D eigenvalue weighted by molar-refractivity contribution is 5.83. The topological polar surface area (TPSA) is 73.7 Å². The second-order valence-corrected chi connectivity index (χ2v) is 7.01. The number of carbonyl (C=O) groups excluding carboxylic acids is 1. The van der Waals surface area contributed by atoms with Crippen LogP contribution in [0.2, 0.25) is 0 Å². The number of aliphatic carboxylic acids is 1. The zero-order valence-corrected chi connectivity index (χ0v) is 15.5. The van der Waals surface area contributed by atoms with Crippen molar-refractivity contribution in [2.75, 3.05) is 14.1 Å². The molecular weight excluding hydrogens is 368 g/mol. The van der Waals surface area contributed by atoms with Crippen molar-refractivity contribution in [2.24, 2.45) is 5.92 Å². The van der Waals surface area contributed by atoms with Gasteiger partial charge in [-0.1, -0.05) is 18.2 Å². The molecule has 2 aromatic rings. The van der Waals surface area contributed by atoms with E-state index in [1.54, 1.807) is 25.5 Å². The molecule has 1 aliphatic rings. The van der Waals surface area contributed by atoms with Gasteiger partial charge in [0.15, 0.2) is 11.6 Å². The fourth-order valence-corrected chi connectivity index (χ4v) is 3.84. The lowest BCUT2D eigenvalue weighted by molar-refractivity contribution is -0.142. The van der Waals surface area contributed by atoms with E-state index in [2.05, 4.69) is 4.98 Å². The van der Waals surface area contributed by atoms with Gasteiger partial charge in [-0.3, -0.25) is 19.5 Å². The Morgan fingerprint density at radius 3 is 2.68 bits per heavy atom. The monoisotopic (exact) mass is 389 g/mol. The van der Waals surface area contributed by atoms with Crippen molar-refractivity contribution in [3.8, 4) is 0 Å². The second-order valence-electron chi connectivity index (χ2n) is 7.01. The quantitative estimate of drug-likeness (QED) is 0.851. The molecule has 1 amide bonds. The van der Waals surface area contributed by atoms with Crippen LogP contribution in [0.4, 0.5) is 8.78 Å². The molecule has 0 bridgehead atoms. The molecule has 0 radical (unpaired) electrons. The van der Waals surface area contributed by atoms with E-state index in [0.717, 1.165) is 11.6 Å². The summed E-state index contributed by atoms with van der Waals surface area (Å²) in [5, 5.41) is 9.50. The highest BCUT2D eigenvalue weighted by atomic mass is 19.2. The lowest BCUT2D eigenvalue weighted by Crippen LogP contribution is -2.37. The Morgan fingerprint density at radius 1 is 1.29 bits per heavy atom. The second kappa shape index (κ2) is 8.02. The third-order valence-corrected chi connectivity index (χ3v) is 5.21. The van der Waals surface area contributed by atoms with Crippen molar-refractivity contribution in [3.05, 3.63) is 65.5 Å².